The van der Waals surface area contributed by atoms with Crippen molar-refractivity contribution in [2.24, 2.45) is 10.9 Å². The van der Waals surface area contributed by atoms with Gasteiger partial charge in [0.1, 0.15) is 0 Å². The van der Waals surface area contributed by atoms with Crippen LogP contribution in [0.3, 0.4) is 0 Å². The molecule has 0 aliphatic rings. The molecule has 0 spiro atoms. The molecule has 0 fully saturated rings. The van der Waals surface area contributed by atoms with Gasteiger partial charge in [-0.15, -0.1) is 0 Å². The summed E-state index contributed by atoms with van der Waals surface area (Å²) in [6.45, 7) is 15.2. The van der Waals surface area contributed by atoms with E-state index < -0.39 is 9.28 Å². The van der Waals surface area contributed by atoms with E-state index in [-0.39, 0.29) is 0 Å². The van der Waals surface area contributed by atoms with Crippen LogP contribution in [0, 0.1) is 5.92 Å². The van der Waals surface area contributed by atoms with Gasteiger partial charge in [-0.1, -0.05) is 20.8 Å². The fraction of sp³-hybridized carbons (Fsp3) is 0.923. The van der Waals surface area contributed by atoms with Gasteiger partial charge in [-0.2, -0.15) is 0 Å². The second-order valence-electron chi connectivity index (χ2n) is 4.72. The Labute approximate surface area is 108 Å². The van der Waals surface area contributed by atoms with Gasteiger partial charge < -0.3 is 8.85 Å². The lowest BCUT2D eigenvalue weighted by Gasteiger charge is -2.20. The molecule has 1 unspecified atom stereocenters. The molecule has 3 nitrogen and oxygen atoms in total. The quantitative estimate of drug-likeness (QED) is 0.470. The van der Waals surface area contributed by atoms with Crippen LogP contribution in [0.25, 0.3) is 0 Å². The van der Waals surface area contributed by atoms with E-state index in [1.54, 1.807) is 0 Å². The summed E-state index contributed by atoms with van der Waals surface area (Å²) >= 11 is 0. The standard InChI is InChI=1S/C13H29NO2Si/c1-7-15-17(16-8-2)12(5)9-10-14-13(6)11(3)4/h11-12,17H,7-10H2,1-6H3. The molecule has 102 valence electrons. The second-order valence-corrected chi connectivity index (χ2v) is 7.26. The zero-order valence-electron chi connectivity index (χ0n) is 12.3. The summed E-state index contributed by atoms with van der Waals surface area (Å²) in [6.07, 6.45) is 1.07. The number of aliphatic imine (C=N–C) groups is 1. The highest BCUT2D eigenvalue weighted by atomic mass is 28.3. The Bertz CT molecular complexity index is 213. The first kappa shape index (κ1) is 16.8. The smallest absolute Gasteiger partial charge is 0.324 e. The topological polar surface area (TPSA) is 30.8 Å². The van der Waals surface area contributed by atoms with Crippen LogP contribution in [0.4, 0.5) is 0 Å². The van der Waals surface area contributed by atoms with Crippen LogP contribution in [0.15, 0.2) is 4.99 Å². The van der Waals surface area contributed by atoms with E-state index in [0.717, 1.165) is 26.2 Å². The van der Waals surface area contributed by atoms with Crippen molar-refractivity contribution in [3.05, 3.63) is 0 Å². The molecular formula is C13H29NO2Si. The molecule has 4 heteroatoms. The third-order valence-electron chi connectivity index (χ3n) is 2.91. The maximum Gasteiger partial charge on any atom is 0.324 e. The van der Waals surface area contributed by atoms with E-state index in [9.17, 15) is 0 Å². The van der Waals surface area contributed by atoms with Gasteiger partial charge in [0.15, 0.2) is 0 Å². The Hall–Kier alpha value is -0.193. The van der Waals surface area contributed by atoms with Crippen molar-refractivity contribution in [2.45, 2.75) is 53.5 Å². The first-order chi connectivity index (χ1) is 8.02. The third kappa shape index (κ3) is 7.68. The molecule has 0 bridgehead atoms. The molecule has 0 aliphatic carbocycles. The van der Waals surface area contributed by atoms with Gasteiger partial charge in [0.25, 0.3) is 0 Å². The van der Waals surface area contributed by atoms with Crippen LogP contribution in [0.1, 0.15) is 48.0 Å². The summed E-state index contributed by atoms with van der Waals surface area (Å²) in [5.41, 5.74) is 1.77. The SMILES string of the molecule is CCO[SiH](OCC)C(C)CCN=C(C)C(C)C. The van der Waals surface area contributed by atoms with E-state index in [1.165, 1.54) is 5.71 Å². The Kier molecular flexibility index (Phi) is 9.69. The van der Waals surface area contributed by atoms with Crippen LogP contribution < -0.4 is 0 Å². The number of hydrogen-bond donors (Lipinski definition) is 0. The fourth-order valence-electron chi connectivity index (χ4n) is 1.47. The average molecular weight is 259 g/mol. The van der Waals surface area contributed by atoms with Crippen LogP contribution in [0.5, 0.6) is 0 Å². The second kappa shape index (κ2) is 9.80. The zero-order valence-corrected chi connectivity index (χ0v) is 13.5. The van der Waals surface area contributed by atoms with E-state index in [4.69, 9.17) is 8.85 Å². The van der Waals surface area contributed by atoms with Gasteiger partial charge in [0.05, 0.1) is 0 Å². The predicted octanol–water partition coefficient (Wildman–Crippen LogP) is 3.18. The number of rotatable bonds is 9. The molecule has 0 aromatic heterocycles. The van der Waals surface area contributed by atoms with Crippen molar-refractivity contribution in [1.82, 2.24) is 0 Å². The van der Waals surface area contributed by atoms with E-state index in [0.29, 0.717) is 11.5 Å². The molecule has 0 heterocycles. The fourth-order valence-corrected chi connectivity index (χ4v) is 3.30. The van der Waals surface area contributed by atoms with Crippen molar-refractivity contribution in [1.29, 1.82) is 0 Å². The maximum atomic E-state index is 5.72. The molecule has 17 heavy (non-hydrogen) atoms. The monoisotopic (exact) mass is 259 g/mol. The Morgan fingerprint density at radius 2 is 1.65 bits per heavy atom. The predicted molar refractivity (Wildman–Crippen MR) is 77.3 cm³/mol. The molecule has 0 aliphatic heterocycles. The van der Waals surface area contributed by atoms with Gasteiger partial charge in [-0.25, -0.2) is 0 Å². The summed E-state index contributed by atoms with van der Waals surface area (Å²) < 4.78 is 11.4. The van der Waals surface area contributed by atoms with Gasteiger partial charge in [-0.05, 0) is 38.7 Å². The number of hydrogen-bond acceptors (Lipinski definition) is 3. The Balaban J connectivity index is 4.04. The lowest BCUT2D eigenvalue weighted by atomic mass is 10.1. The Morgan fingerprint density at radius 3 is 2.06 bits per heavy atom. The van der Waals surface area contributed by atoms with Gasteiger partial charge in [0, 0.05) is 25.5 Å². The van der Waals surface area contributed by atoms with Crippen LogP contribution in [0.2, 0.25) is 5.54 Å². The summed E-state index contributed by atoms with van der Waals surface area (Å²) in [6, 6.07) is 0. The van der Waals surface area contributed by atoms with Crippen molar-refractivity contribution >= 4 is 15.0 Å². The summed E-state index contributed by atoms with van der Waals surface area (Å²) in [7, 11) is -1.48. The molecule has 0 saturated heterocycles. The molecular weight excluding hydrogens is 230 g/mol. The first-order valence-corrected chi connectivity index (χ1v) is 8.37. The van der Waals surface area contributed by atoms with E-state index >= 15 is 0 Å². The van der Waals surface area contributed by atoms with E-state index in [1.807, 2.05) is 13.8 Å². The van der Waals surface area contributed by atoms with Gasteiger partial charge in [-0.3, -0.25) is 4.99 Å². The van der Waals surface area contributed by atoms with Crippen molar-refractivity contribution < 1.29 is 8.85 Å². The van der Waals surface area contributed by atoms with Crippen LogP contribution in [-0.2, 0) is 8.85 Å². The first-order valence-electron chi connectivity index (χ1n) is 6.77. The van der Waals surface area contributed by atoms with Gasteiger partial charge in [0.2, 0.25) is 0 Å². The third-order valence-corrected chi connectivity index (χ3v) is 5.49. The molecule has 0 rings (SSSR count). The highest BCUT2D eigenvalue weighted by Gasteiger charge is 2.20. The van der Waals surface area contributed by atoms with Crippen molar-refractivity contribution in [2.75, 3.05) is 19.8 Å². The van der Waals surface area contributed by atoms with Crippen molar-refractivity contribution in [3.63, 3.8) is 0 Å². The van der Waals surface area contributed by atoms with Crippen molar-refractivity contribution in [3.8, 4) is 0 Å². The minimum atomic E-state index is -1.48. The molecule has 0 aromatic rings. The summed E-state index contributed by atoms with van der Waals surface area (Å²) in [5, 5.41) is 0. The maximum absolute atomic E-state index is 5.72. The molecule has 0 N–H and O–H groups in total. The van der Waals surface area contributed by atoms with Crippen LogP contribution in [-0.4, -0.2) is 34.8 Å². The lowest BCUT2D eigenvalue weighted by Crippen LogP contribution is -2.28. The lowest BCUT2D eigenvalue weighted by molar-refractivity contribution is 0.204. The largest absolute Gasteiger partial charge is 0.397 e. The zero-order chi connectivity index (χ0) is 13.3. The highest BCUT2D eigenvalue weighted by molar-refractivity contribution is 6.46. The molecule has 0 amide bonds. The normalized spacial score (nSPS) is 14.7. The molecule has 1 atom stereocenters. The summed E-state index contributed by atoms with van der Waals surface area (Å²) in [5.74, 6) is 0.553. The Morgan fingerprint density at radius 1 is 1.12 bits per heavy atom. The van der Waals surface area contributed by atoms with Crippen LogP contribution >= 0.6 is 0 Å². The number of nitrogens with zero attached hydrogens (tertiary/aromatic N) is 1. The minimum absolute atomic E-state index is 0.526. The van der Waals surface area contributed by atoms with Gasteiger partial charge >= 0.3 is 9.28 Å². The summed E-state index contributed by atoms with van der Waals surface area (Å²) in [4.78, 5) is 4.59. The van der Waals surface area contributed by atoms with E-state index in [2.05, 4.69) is 32.7 Å². The molecule has 0 radical (unpaired) electrons. The molecule has 0 aromatic carbocycles. The average Bonchev–Trinajstić information content (AvgIpc) is 2.28. The minimum Gasteiger partial charge on any atom is -0.397 e. The highest BCUT2D eigenvalue weighted by Crippen LogP contribution is 2.16. The molecule has 0 saturated carbocycles.